The summed E-state index contributed by atoms with van der Waals surface area (Å²) in [5, 5.41) is 9.21. The maximum atomic E-state index is 11.8. The van der Waals surface area contributed by atoms with Crippen LogP contribution in [-0.2, 0) is 4.74 Å². The second-order valence-electron chi connectivity index (χ2n) is 3.03. The predicted octanol–water partition coefficient (Wildman–Crippen LogP) is 4.61. The van der Waals surface area contributed by atoms with E-state index < -0.39 is 11.9 Å². The number of aromatic carboxylic acids is 1. The van der Waals surface area contributed by atoms with E-state index in [0.29, 0.717) is 13.4 Å². The lowest BCUT2D eigenvalue weighted by molar-refractivity contribution is 0.0513. The van der Waals surface area contributed by atoms with Crippen molar-refractivity contribution in [3.8, 4) is 0 Å². The average molecular weight is 510 g/mol. The van der Waals surface area contributed by atoms with E-state index in [2.05, 4.69) is 63.7 Å². The van der Waals surface area contributed by atoms with Gasteiger partial charge >= 0.3 is 11.9 Å². The molecule has 98 valence electrons. The highest BCUT2D eigenvalue weighted by atomic mass is 79.9. The number of carbonyl (C=O) groups excluding carboxylic acids is 1. The second kappa shape index (κ2) is 6.49. The number of carboxylic acids is 1. The van der Waals surface area contributed by atoms with Crippen molar-refractivity contribution in [2.24, 2.45) is 0 Å². The van der Waals surface area contributed by atoms with Crippen LogP contribution in [0.5, 0.6) is 0 Å². The average Bonchev–Trinajstić information content (AvgIpc) is 2.30. The van der Waals surface area contributed by atoms with E-state index in [-0.39, 0.29) is 22.2 Å². The first-order valence-corrected chi connectivity index (χ1v) is 7.76. The molecule has 8 heteroatoms. The standard InChI is InChI=1S/C10H6Br4O4/c1-2-18-10(17)4-3(9(15)16)5(11)7(13)8(14)6(4)12/h2H2,1H3,(H,15,16). The van der Waals surface area contributed by atoms with E-state index in [0.717, 1.165) is 0 Å². The molecule has 0 saturated heterocycles. The van der Waals surface area contributed by atoms with Gasteiger partial charge in [-0.3, -0.25) is 0 Å². The van der Waals surface area contributed by atoms with Gasteiger partial charge in [0.05, 0.1) is 17.7 Å². The SMILES string of the molecule is CCOC(=O)c1c(Br)c(Br)c(Br)c(Br)c1C(=O)O. The quantitative estimate of drug-likeness (QED) is 0.367. The van der Waals surface area contributed by atoms with Gasteiger partial charge in [-0.1, -0.05) is 0 Å². The van der Waals surface area contributed by atoms with Gasteiger partial charge in [-0.05, 0) is 70.6 Å². The number of rotatable bonds is 3. The van der Waals surface area contributed by atoms with E-state index in [9.17, 15) is 14.7 Å². The Morgan fingerprint density at radius 2 is 1.44 bits per heavy atom. The summed E-state index contributed by atoms with van der Waals surface area (Å²) >= 11 is 12.8. The maximum absolute atomic E-state index is 11.8. The van der Waals surface area contributed by atoms with E-state index in [4.69, 9.17) is 4.74 Å². The van der Waals surface area contributed by atoms with Crippen LogP contribution in [0, 0.1) is 0 Å². The van der Waals surface area contributed by atoms with Gasteiger partial charge in [0.2, 0.25) is 0 Å². The molecule has 1 rings (SSSR count). The molecule has 0 amide bonds. The minimum absolute atomic E-state index is 0.0358. The molecule has 1 aromatic carbocycles. The second-order valence-corrected chi connectivity index (χ2v) is 6.20. The minimum Gasteiger partial charge on any atom is -0.478 e. The van der Waals surface area contributed by atoms with Gasteiger partial charge in [0.15, 0.2) is 0 Å². The number of halogens is 4. The van der Waals surface area contributed by atoms with Gasteiger partial charge in [-0.2, -0.15) is 0 Å². The summed E-state index contributed by atoms with van der Waals surface area (Å²) in [4.78, 5) is 23.1. The van der Waals surface area contributed by atoms with E-state index in [1.807, 2.05) is 0 Å². The first-order chi connectivity index (χ1) is 8.32. The Bertz CT molecular complexity index is 527. The minimum atomic E-state index is -1.22. The zero-order valence-corrected chi connectivity index (χ0v) is 15.2. The highest BCUT2D eigenvalue weighted by Crippen LogP contribution is 2.42. The number of carbonyl (C=O) groups is 2. The summed E-state index contributed by atoms with van der Waals surface area (Å²) in [7, 11) is 0. The zero-order chi connectivity index (χ0) is 14.0. The molecular weight excluding hydrogens is 504 g/mol. The monoisotopic (exact) mass is 506 g/mol. The van der Waals surface area contributed by atoms with Crippen molar-refractivity contribution in [2.45, 2.75) is 6.92 Å². The Kier molecular flexibility index (Phi) is 5.82. The van der Waals surface area contributed by atoms with E-state index in [1.54, 1.807) is 6.92 Å². The largest absolute Gasteiger partial charge is 0.478 e. The lowest BCUT2D eigenvalue weighted by Gasteiger charge is -2.13. The fraction of sp³-hybridized carbons (Fsp3) is 0.200. The highest BCUT2D eigenvalue weighted by molar-refractivity contribution is 9.15. The zero-order valence-electron chi connectivity index (χ0n) is 8.89. The molecule has 0 aliphatic heterocycles. The Morgan fingerprint density at radius 3 is 1.83 bits per heavy atom. The molecule has 0 saturated carbocycles. The fourth-order valence-corrected chi connectivity index (χ4v) is 3.68. The topological polar surface area (TPSA) is 63.6 Å². The van der Waals surface area contributed by atoms with Crippen LogP contribution in [0.15, 0.2) is 17.9 Å². The van der Waals surface area contributed by atoms with Crippen LogP contribution < -0.4 is 0 Å². The third-order valence-electron chi connectivity index (χ3n) is 1.96. The van der Waals surface area contributed by atoms with Gasteiger partial charge in [0.25, 0.3) is 0 Å². The van der Waals surface area contributed by atoms with Crippen LogP contribution in [0.3, 0.4) is 0 Å². The fourth-order valence-electron chi connectivity index (χ4n) is 1.23. The number of esters is 1. The maximum Gasteiger partial charge on any atom is 0.340 e. The van der Waals surface area contributed by atoms with Crippen LogP contribution in [0.2, 0.25) is 0 Å². The van der Waals surface area contributed by atoms with Gasteiger partial charge in [0.1, 0.15) is 0 Å². The summed E-state index contributed by atoms with van der Waals surface area (Å²) in [6.07, 6.45) is 0. The molecule has 0 unspecified atom stereocenters. The molecule has 1 N–H and O–H groups in total. The van der Waals surface area contributed by atoms with Gasteiger partial charge in [-0.15, -0.1) is 0 Å². The summed E-state index contributed by atoms with van der Waals surface area (Å²) in [5.41, 5.74) is -0.193. The van der Waals surface area contributed by atoms with Gasteiger partial charge in [0, 0.05) is 17.9 Å². The van der Waals surface area contributed by atoms with Crippen molar-refractivity contribution in [1.29, 1.82) is 0 Å². The number of hydrogen-bond donors (Lipinski definition) is 1. The molecule has 0 radical (unpaired) electrons. The molecule has 0 fully saturated rings. The molecule has 0 heterocycles. The van der Waals surface area contributed by atoms with E-state index >= 15 is 0 Å². The molecule has 0 aromatic heterocycles. The Balaban J connectivity index is 3.67. The highest BCUT2D eigenvalue weighted by Gasteiger charge is 2.28. The molecule has 0 bridgehead atoms. The third-order valence-corrected chi connectivity index (χ3v) is 6.73. The lowest BCUT2D eigenvalue weighted by atomic mass is 10.1. The molecule has 0 aliphatic rings. The third kappa shape index (κ3) is 2.97. The molecule has 1 aromatic rings. The molecule has 0 aliphatic carbocycles. The van der Waals surface area contributed by atoms with Crippen LogP contribution in [0.1, 0.15) is 27.6 Å². The Labute approximate surface area is 137 Å². The Morgan fingerprint density at radius 1 is 1.00 bits per heavy atom. The molecular formula is C10H6Br4O4. The van der Waals surface area contributed by atoms with Crippen LogP contribution >= 0.6 is 63.7 Å². The molecule has 4 nitrogen and oxygen atoms in total. The summed E-state index contributed by atoms with van der Waals surface area (Å²) in [6.45, 7) is 1.81. The van der Waals surface area contributed by atoms with Crippen molar-refractivity contribution in [2.75, 3.05) is 6.61 Å². The first-order valence-electron chi connectivity index (χ1n) is 4.59. The lowest BCUT2D eigenvalue weighted by Crippen LogP contribution is -2.14. The summed E-state index contributed by atoms with van der Waals surface area (Å²) in [6, 6.07) is 0. The molecule has 0 atom stereocenters. The van der Waals surface area contributed by atoms with Crippen molar-refractivity contribution < 1.29 is 19.4 Å². The number of ether oxygens (including phenoxy) is 1. The molecule has 18 heavy (non-hydrogen) atoms. The van der Waals surface area contributed by atoms with Crippen LogP contribution in [0.4, 0.5) is 0 Å². The molecule has 0 spiro atoms. The van der Waals surface area contributed by atoms with Crippen molar-refractivity contribution in [3.05, 3.63) is 29.0 Å². The number of hydrogen-bond acceptors (Lipinski definition) is 3. The van der Waals surface area contributed by atoms with Crippen molar-refractivity contribution in [1.82, 2.24) is 0 Å². The van der Waals surface area contributed by atoms with E-state index in [1.165, 1.54) is 0 Å². The van der Waals surface area contributed by atoms with Gasteiger partial charge < -0.3 is 9.84 Å². The normalized spacial score (nSPS) is 10.3. The summed E-state index contributed by atoms with van der Waals surface area (Å²) in [5.74, 6) is -1.92. The Hall–Kier alpha value is 0.0800. The van der Waals surface area contributed by atoms with Crippen molar-refractivity contribution in [3.63, 3.8) is 0 Å². The first kappa shape index (κ1) is 16.1. The smallest absolute Gasteiger partial charge is 0.340 e. The van der Waals surface area contributed by atoms with Crippen LogP contribution in [-0.4, -0.2) is 23.7 Å². The van der Waals surface area contributed by atoms with Gasteiger partial charge in [-0.25, -0.2) is 9.59 Å². The summed E-state index contributed by atoms with van der Waals surface area (Å²) < 4.78 is 6.49. The van der Waals surface area contributed by atoms with Crippen molar-refractivity contribution >= 4 is 75.7 Å². The van der Waals surface area contributed by atoms with Crippen LogP contribution in [0.25, 0.3) is 0 Å². The number of benzene rings is 1. The number of carboxylic acid groups (broad SMARTS) is 1. The predicted molar refractivity (Wildman–Crippen MR) is 80.2 cm³/mol.